The van der Waals surface area contributed by atoms with Gasteiger partial charge in [-0.2, -0.15) is 0 Å². The first-order chi connectivity index (χ1) is 8.91. The molecule has 1 heterocycles. The molecular weight excluding hydrogens is 244 g/mol. The third kappa shape index (κ3) is 2.17. The predicted molar refractivity (Wildman–Crippen MR) is 68.5 cm³/mol. The van der Waals surface area contributed by atoms with Gasteiger partial charge in [-0.1, -0.05) is 5.57 Å². The first-order valence-electron chi connectivity index (χ1n) is 7.00. The molecule has 104 valence electrons. The van der Waals surface area contributed by atoms with Crippen LogP contribution < -0.4 is 0 Å². The van der Waals surface area contributed by atoms with Crippen LogP contribution in [0, 0.1) is 5.41 Å². The summed E-state index contributed by atoms with van der Waals surface area (Å²) in [7, 11) is 0. The lowest BCUT2D eigenvalue weighted by Gasteiger charge is -2.34. The van der Waals surface area contributed by atoms with E-state index in [4.69, 9.17) is 9.47 Å². The number of ketones is 2. The molecule has 1 saturated carbocycles. The molecule has 4 nitrogen and oxygen atoms in total. The van der Waals surface area contributed by atoms with Gasteiger partial charge in [-0.25, -0.2) is 0 Å². The van der Waals surface area contributed by atoms with E-state index in [0.29, 0.717) is 32.3 Å². The molecule has 0 N–H and O–H groups in total. The highest BCUT2D eigenvalue weighted by atomic mass is 16.7. The quantitative estimate of drug-likeness (QED) is 0.767. The minimum atomic E-state index is -0.558. The molecule has 0 aromatic carbocycles. The van der Waals surface area contributed by atoms with E-state index in [1.54, 1.807) is 6.08 Å². The van der Waals surface area contributed by atoms with E-state index >= 15 is 0 Å². The van der Waals surface area contributed by atoms with Crippen LogP contribution in [0.4, 0.5) is 0 Å². The van der Waals surface area contributed by atoms with Gasteiger partial charge >= 0.3 is 0 Å². The normalized spacial score (nSPS) is 37.4. The highest BCUT2D eigenvalue weighted by Gasteiger charge is 2.50. The van der Waals surface area contributed by atoms with Gasteiger partial charge in [-0.05, 0) is 39.2 Å². The molecule has 2 fully saturated rings. The summed E-state index contributed by atoms with van der Waals surface area (Å²) in [4.78, 5) is 23.9. The van der Waals surface area contributed by atoms with Gasteiger partial charge in [0, 0.05) is 12.8 Å². The van der Waals surface area contributed by atoms with E-state index in [9.17, 15) is 9.59 Å². The Morgan fingerprint density at radius 3 is 2.74 bits per heavy atom. The first-order valence-corrected chi connectivity index (χ1v) is 7.00. The van der Waals surface area contributed by atoms with Crippen molar-refractivity contribution in [2.75, 3.05) is 6.61 Å². The van der Waals surface area contributed by atoms with Gasteiger partial charge in [-0.3, -0.25) is 9.59 Å². The van der Waals surface area contributed by atoms with Gasteiger partial charge in [0.05, 0.1) is 18.1 Å². The van der Waals surface area contributed by atoms with Crippen molar-refractivity contribution < 1.29 is 19.1 Å². The maximum Gasteiger partial charge on any atom is 0.163 e. The number of allylic oxidation sites excluding steroid dienone is 2. The zero-order valence-electron chi connectivity index (χ0n) is 11.5. The van der Waals surface area contributed by atoms with Gasteiger partial charge in [0.1, 0.15) is 5.78 Å². The Morgan fingerprint density at radius 2 is 2.05 bits per heavy atom. The number of hydrogen-bond donors (Lipinski definition) is 0. The lowest BCUT2D eigenvalue weighted by Crippen LogP contribution is -2.36. The van der Waals surface area contributed by atoms with Crippen LogP contribution in [0.2, 0.25) is 0 Å². The van der Waals surface area contributed by atoms with Gasteiger partial charge in [0.25, 0.3) is 0 Å². The van der Waals surface area contributed by atoms with Crippen molar-refractivity contribution in [2.45, 2.75) is 57.8 Å². The number of carbonyl (C=O) groups is 2. The van der Waals surface area contributed by atoms with Crippen LogP contribution in [-0.2, 0) is 19.1 Å². The van der Waals surface area contributed by atoms with Crippen molar-refractivity contribution in [3.8, 4) is 0 Å². The zero-order valence-corrected chi connectivity index (χ0v) is 11.5. The van der Waals surface area contributed by atoms with Crippen LogP contribution in [0.1, 0.15) is 46.0 Å². The van der Waals surface area contributed by atoms with Gasteiger partial charge in [-0.15, -0.1) is 0 Å². The molecule has 2 aliphatic carbocycles. The number of carbonyl (C=O) groups excluding carboxylic acids is 2. The van der Waals surface area contributed by atoms with Gasteiger partial charge < -0.3 is 9.47 Å². The van der Waals surface area contributed by atoms with E-state index in [2.05, 4.69) is 0 Å². The van der Waals surface area contributed by atoms with E-state index in [0.717, 1.165) is 12.0 Å². The summed E-state index contributed by atoms with van der Waals surface area (Å²) in [5.41, 5.74) is 0.588. The topological polar surface area (TPSA) is 52.6 Å². The summed E-state index contributed by atoms with van der Waals surface area (Å²) in [6.45, 7) is 4.31. The van der Waals surface area contributed by atoms with Crippen molar-refractivity contribution in [3.05, 3.63) is 11.6 Å². The monoisotopic (exact) mass is 264 g/mol. The van der Waals surface area contributed by atoms with Crippen LogP contribution in [-0.4, -0.2) is 30.1 Å². The average Bonchev–Trinajstić information content (AvgIpc) is 2.82. The molecule has 0 spiro atoms. The molecule has 2 atom stereocenters. The molecule has 3 aliphatic rings. The third-order valence-corrected chi connectivity index (χ3v) is 4.55. The Bertz CT molecular complexity index is 463. The Labute approximate surface area is 113 Å². The smallest absolute Gasteiger partial charge is 0.163 e. The average molecular weight is 264 g/mol. The van der Waals surface area contributed by atoms with Crippen molar-refractivity contribution in [1.82, 2.24) is 0 Å². The second-order valence-corrected chi connectivity index (χ2v) is 6.30. The summed E-state index contributed by atoms with van der Waals surface area (Å²) in [5.74, 6) is -0.124. The molecule has 0 aromatic heterocycles. The molecule has 0 unspecified atom stereocenters. The second-order valence-electron chi connectivity index (χ2n) is 6.30. The number of Topliss-reactive ketones (excluding diaryl/α,β-unsaturated/α-hetero) is 1. The summed E-state index contributed by atoms with van der Waals surface area (Å²) in [6, 6.07) is 0. The molecular formula is C15H20O4. The third-order valence-electron chi connectivity index (χ3n) is 4.55. The molecule has 19 heavy (non-hydrogen) atoms. The van der Waals surface area contributed by atoms with Crippen LogP contribution in [0.5, 0.6) is 0 Å². The molecule has 0 radical (unpaired) electrons. The van der Waals surface area contributed by atoms with Crippen LogP contribution in [0.25, 0.3) is 0 Å². The lowest BCUT2D eigenvalue weighted by molar-refractivity contribution is -0.145. The Morgan fingerprint density at radius 1 is 1.26 bits per heavy atom. The minimum absolute atomic E-state index is 0.0475. The fraction of sp³-hybridized carbons (Fsp3) is 0.733. The number of rotatable bonds is 2. The molecule has 0 bridgehead atoms. The molecule has 1 aliphatic heterocycles. The fourth-order valence-electron chi connectivity index (χ4n) is 3.62. The molecule has 3 rings (SSSR count). The number of ether oxygens (including phenoxy) is 2. The van der Waals surface area contributed by atoms with Crippen LogP contribution in [0.3, 0.4) is 0 Å². The Hall–Kier alpha value is -1.00. The lowest BCUT2D eigenvalue weighted by atomic mass is 9.70. The Balaban J connectivity index is 1.83. The summed E-state index contributed by atoms with van der Waals surface area (Å²) < 4.78 is 11.4. The van der Waals surface area contributed by atoms with E-state index in [-0.39, 0.29) is 17.7 Å². The maximum atomic E-state index is 12.3. The number of hydrogen-bond acceptors (Lipinski definition) is 4. The summed E-state index contributed by atoms with van der Waals surface area (Å²) in [6.07, 6.45) is 4.75. The SMILES string of the molecule is CC1(C)OC[C@H](C[C@]23CCC(=O)C=C2CCC3=O)O1. The molecule has 1 saturated heterocycles. The standard InChI is InChI=1S/C15H20O4/c1-14(2)18-9-12(19-14)8-15-6-5-11(16)7-10(15)3-4-13(15)17/h7,12H,3-6,8-9H2,1-2H3/t12-,15+/m0/s1. The maximum absolute atomic E-state index is 12.3. The summed E-state index contributed by atoms with van der Waals surface area (Å²) in [5, 5.41) is 0. The van der Waals surface area contributed by atoms with Crippen LogP contribution in [0.15, 0.2) is 11.6 Å². The largest absolute Gasteiger partial charge is 0.348 e. The van der Waals surface area contributed by atoms with Crippen molar-refractivity contribution in [2.24, 2.45) is 5.41 Å². The van der Waals surface area contributed by atoms with Crippen LogP contribution >= 0.6 is 0 Å². The zero-order chi connectivity index (χ0) is 13.7. The number of fused-ring (bicyclic) bond motifs is 1. The highest BCUT2D eigenvalue weighted by molar-refractivity contribution is 5.99. The second kappa shape index (κ2) is 4.25. The van der Waals surface area contributed by atoms with E-state index < -0.39 is 11.2 Å². The predicted octanol–water partition coefficient (Wildman–Crippen LogP) is 2.17. The van der Waals surface area contributed by atoms with Gasteiger partial charge in [0.2, 0.25) is 0 Å². The molecule has 4 heteroatoms. The van der Waals surface area contributed by atoms with Crippen molar-refractivity contribution in [1.29, 1.82) is 0 Å². The summed E-state index contributed by atoms with van der Waals surface area (Å²) >= 11 is 0. The minimum Gasteiger partial charge on any atom is -0.348 e. The molecule has 0 amide bonds. The Kier molecular flexibility index (Phi) is 2.91. The van der Waals surface area contributed by atoms with E-state index in [1.807, 2.05) is 13.8 Å². The fourth-order valence-corrected chi connectivity index (χ4v) is 3.62. The van der Waals surface area contributed by atoms with E-state index in [1.165, 1.54) is 0 Å². The molecule has 0 aromatic rings. The highest BCUT2D eigenvalue weighted by Crippen LogP contribution is 2.50. The van der Waals surface area contributed by atoms with Crippen molar-refractivity contribution in [3.63, 3.8) is 0 Å². The van der Waals surface area contributed by atoms with Crippen molar-refractivity contribution >= 4 is 11.6 Å². The van der Waals surface area contributed by atoms with Gasteiger partial charge in [0.15, 0.2) is 11.6 Å². The first kappa shape index (κ1) is 13.0.